The highest BCUT2D eigenvalue weighted by atomic mass is 79.9. The Balaban J connectivity index is 1.97. The van der Waals surface area contributed by atoms with Crippen molar-refractivity contribution in [1.29, 1.82) is 0 Å². The highest BCUT2D eigenvalue weighted by Gasteiger charge is 2.10. The summed E-state index contributed by atoms with van der Waals surface area (Å²) in [4.78, 5) is 1.28. The van der Waals surface area contributed by atoms with Gasteiger partial charge in [0.05, 0.1) is 6.61 Å². The van der Waals surface area contributed by atoms with Crippen molar-refractivity contribution in [3.8, 4) is 5.75 Å². The number of nitrogens with one attached hydrogen (secondary N) is 1. The van der Waals surface area contributed by atoms with Gasteiger partial charge in [-0.2, -0.15) is 0 Å². The maximum absolute atomic E-state index is 5.48. The van der Waals surface area contributed by atoms with Crippen LogP contribution in [0.1, 0.15) is 18.5 Å². The topological polar surface area (TPSA) is 21.3 Å². The van der Waals surface area contributed by atoms with Crippen molar-refractivity contribution in [2.24, 2.45) is 0 Å². The Kier molecular flexibility index (Phi) is 6.61. The molecule has 0 fully saturated rings. The van der Waals surface area contributed by atoms with Crippen molar-refractivity contribution in [1.82, 2.24) is 5.32 Å². The third-order valence-electron chi connectivity index (χ3n) is 3.17. The molecular weight excluding hydrogens is 346 g/mol. The van der Waals surface area contributed by atoms with Gasteiger partial charge in [0.25, 0.3) is 0 Å². The van der Waals surface area contributed by atoms with E-state index in [9.17, 15) is 0 Å². The van der Waals surface area contributed by atoms with Crippen molar-refractivity contribution < 1.29 is 4.74 Å². The zero-order chi connectivity index (χ0) is 15.1. The largest absolute Gasteiger partial charge is 0.494 e. The summed E-state index contributed by atoms with van der Waals surface area (Å²) < 4.78 is 6.60. The smallest absolute Gasteiger partial charge is 0.119 e. The summed E-state index contributed by atoms with van der Waals surface area (Å²) in [5.41, 5.74) is 1.28. The normalized spacial score (nSPS) is 12.1. The lowest BCUT2D eigenvalue weighted by Crippen LogP contribution is -2.18. The Labute approximate surface area is 139 Å². The van der Waals surface area contributed by atoms with Crippen LogP contribution in [0.3, 0.4) is 0 Å². The van der Waals surface area contributed by atoms with E-state index in [0.29, 0.717) is 12.6 Å². The number of benzene rings is 2. The summed E-state index contributed by atoms with van der Waals surface area (Å²) in [6, 6.07) is 17.1. The molecule has 2 aromatic carbocycles. The minimum Gasteiger partial charge on any atom is -0.494 e. The average Bonchev–Trinajstić information content (AvgIpc) is 2.51. The highest BCUT2D eigenvalue weighted by Crippen LogP contribution is 2.26. The Morgan fingerprint density at radius 3 is 2.33 bits per heavy atom. The molecule has 0 aliphatic carbocycles. The van der Waals surface area contributed by atoms with E-state index in [4.69, 9.17) is 4.74 Å². The van der Waals surface area contributed by atoms with Crippen LogP contribution in [-0.2, 0) is 0 Å². The SMILES string of the molecule is CCOc1ccc(C(CSc2ccc(Br)cc2)NC)cc1. The first-order valence-corrected chi connectivity index (χ1v) is 8.79. The first-order chi connectivity index (χ1) is 10.2. The molecule has 0 aromatic heterocycles. The Morgan fingerprint density at radius 1 is 1.10 bits per heavy atom. The molecule has 1 unspecified atom stereocenters. The third-order valence-corrected chi connectivity index (χ3v) is 4.81. The molecule has 0 amide bonds. The lowest BCUT2D eigenvalue weighted by atomic mass is 10.1. The number of thioether (sulfide) groups is 1. The molecule has 0 saturated carbocycles. The first kappa shape index (κ1) is 16.4. The van der Waals surface area contributed by atoms with Gasteiger partial charge in [-0.3, -0.25) is 0 Å². The van der Waals surface area contributed by atoms with Crippen LogP contribution < -0.4 is 10.1 Å². The van der Waals surface area contributed by atoms with E-state index in [1.54, 1.807) is 0 Å². The second-order valence-electron chi connectivity index (χ2n) is 4.61. The molecule has 2 nitrogen and oxygen atoms in total. The van der Waals surface area contributed by atoms with Crippen LogP contribution in [-0.4, -0.2) is 19.4 Å². The summed E-state index contributed by atoms with van der Waals surface area (Å²) >= 11 is 5.32. The molecule has 0 saturated heterocycles. The van der Waals surface area contributed by atoms with Crippen molar-refractivity contribution in [2.75, 3.05) is 19.4 Å². The molecule has 0 heterocycles. The lowest BCUT2D eigenvalue weighted by molar-refractivity contribution is 0.340. The van der Waals surface area contributed by atoms with Crippen LogP contribution in [0.2, 0.25) is 0 Å². The van der Waals surface area contributed by atoms with E-state index in [-0.39, 0.29) is 0 Å². The molecule has 0 radical (unpaired) electrons. The van der Waals surface area contributed by atoms with E-state index in [1.165, 1.54) is 10.5 Å². The predicted octanol–water partition coefficient (Wildman–Crippen LogP) is 4.90. The predicted molar refractivity (Wildman–Crippen MR) is 94.3 cm³/mol. The quantitative estimate of drug-likeness (QED) is 0.705. The van der Waals surface area contributed by atoms with Crippen molar-refractivity contribution in [3.05, 3.63) is 58.6 Å². The average molecular weight is 366 g/mol. The van der Waals surface area contributed by atoms with Gasteiger partial charge in [0.2, 0.25) is 0 Å². The van der Waals surface area contributed by atoms with Gasteiger partial charge >= 0.3 is 0 Å². The first-order valence-electron chi connectivity index (χ1n) is 7.01. The van der Waals surface area contributed by atoms with E-state index < -0.39 is 0 Å². The second kappa shape index (κ2) is 8.47. The highest BCUT2D eigenvalue weighted by molar-refractivity contribution is 9.10. The Hall–Kier alpha value is -0.970. The summed E-state index contributed by atoms with van der Waals surface area (Å²) in [5.74, 6) is 1.92. The summed E-state index contributed by atoms with van der Waals surface area (Å²) in [5, 5.41) is 3.38. The fraction of sp³-hybridized carbons (Fsp3) is 0.294. The van der Waals surface area contributed by atoms with Crippen LogP contribution in [0.4, 0.5) is 0 Å². The molecular formula is C17H20BrNOS. The van der Waals surface area contributed by atoms with Gasteiger partial charge in [-0.1, -0.05) is 28.1 Å². The Morgan fingerprint density at radius 2 is 1.76 bits per heavy atom. The summed E-state index contributed by atoms with van der Waals surface area (Å²) in [6.45, 7) is 2.70. The molecule has 0 spiro atoms. The molecule has 2 rings (SSSR count). The fourth-order valence-electron chi connectivity index (χ4n) is 2.02. The zero-order valence-electron chi connectivity index (χ0n) is 12.3. The maximum Gasteiger partial charge on any atom is 0.119 e. The van der Waals surface area contributed by atoms with Crippen LogP contribution in [0.5, 0.6) is 5.75 Å². The molecule has 0 aliphatic heterocycles. The fourth-order valence-corrected chi connectivity index (χ4v) is 3.33. The van der Waals surface area contributed by atoms with E-state index in [2.05, 4.69) is 57.6 Å². The van der Waals surface area contributed by atoms with Gasteiger partial charge in [0.1, 0.15) is 5.75 Å². The monoisotopic (exact) mass is 365 g/mol. The molecule has 2 aromatic rings. The lowest BCUT2D eigenvalue weighted by Gasteiger charge is -2.17. The maximum atomic E-state index is 5.48. The zero-order valence-corrected chi connectivity index (χ0v) is 14.7. The third kappa shape index (κ3) is 5.06. The molecule has 0 aliphatic rings. The van der Waals surface area contributed by atoms with E-state index >= 15 is 0 Å². The molecule has 21 heavy (non-hydrogen) atoms. The molecule has 4 heteroatoms. The van der Waals surface area contributed by atoms with Crippen molar-refractivity contribution >= 4 is 27.7 Å². The van der Waals surface area contributed by atoms with E-state index in [1.807, 2.05) is 37.9 Å². The van der Waals surface area contributed by atoms with Gasteiger partial charge in [0, 0.05) is 21.2 Å². The van der Waals surface area contributed by atoms with Crippen LogP contribution in [0.15, 0.2) is 57.9 Å². The van der Waals surface area contributed by atoms with Crippen LogP contribution in [0, 0.1) is 0 Å². The number of rotatable bonds is 7. The van der Waals surface area contributed by atoms with Gasteiger partial charge in [-0.15, -0.1) is 11.8 Å². The van der Waals surface area contributed by atoms with Crippen molar-refractivity contribution in [2.45, 2.75) is 17.9 Å². The summed E-state index contributed by atoms with van der Waals surface area (Å²) in [7, 11) is 2.00. The Bertz CT molecular complexity index is 542. The number of hydrogen-bond donors (Lipinski definition) is 1. The van der Waals surface area contributed by atoms with Gasteiger partial charge in [-0.25, -0.2) is 0 Å². The summed E-state index contributed by atoms with van der Waals surface area (Å²) in [6.07, 6.45) is 0. The standard InChI is InChI=1S/C17H20BrNOS/c1-3-20-15-8-4-13(5-9-15)17(19-2)12-21-16-10-6-14(18)7-11-16/h4-11,17,19H,3,12H2,1-2H3. The van der Waals surface area contributed by atoms with E-state index in [0.717, 1.165) is 16.0 Å². The molecule has 112 valence electrons. The number of ether oxygens (including phenoxy) is 1. The second-order valence-corrected chi connectivity index (χ2v) is 6.62. The number of halogens is 1. The van der Waals surface area contributed by atoms with Crippen LogP contribution >= 0.6 is 27.7 Å². The molecule has 1 N–H and O–H groups in total. The van der Waals surface area contributed by atoms with Gasteiger partial charge in [-0.05, 0) is 55.9 Å². The number of hydrogen-bond acceptors (Lipinski definition) is 3. The molecule has 0 bridgehead atoms. The minimum absolute atomic E-state index is 0.328. The minimum atomic E-state index is 0.328. The van der Waals surface area contributed by atoms with Crippen LogP contribution in [0.25, 0.3) is 0 Å². The van der Waals surface area contributed by atoms with Gasteiger partial charge < -0.3 is 10.1 Å². The van der Waals surface area contributed by atoms with Crippen molar-refractivity contribution in [3.63, 3.8) is 0 Å². The molecule has 1 atom stereocenters. The van der Waals surface area contributed by atoms with Gasteiger partial charge in [0.15, 0.2) is 0 Å².